The summed E-state index contributed by atoms with van der Waals surface area (Å²) >= 11 is 5.05. The summed E-state index contributed by atoms with van der Waals surface area (Å²) in [6.45, 7) is 3.25. The summed E-state index contributed by atoms with van der Waals surface area (Å²) in [5.74, 6) is 0.997. The van der Waals surface area contributed by atoms with Gasteiger partial charge in [0.1, 0.15) is 5.82 Å². The second-order valence-corrected chi connectivity index (χ2v) is 6.10. The Balaban J connectivity index is 2.03. The highest BCUT2D eigenvalue weighted by Crippen LogP contribution is 2.18. The van der Waals surface area contributed by atoms with Gasteiger partial charge < -0.3 is 10.3 Å². The molecule has 0 aliphatic rings. The minimum atomic E-state index is 0.509. The Morgan fingerprint density at radius 2 is 1.86 bits per heavy atom. The molecule has 1 aromatic carbocycles. The monoisotopic (exact) mass is 303 g/mol. The number of hydrogen-bond donors (Lipinski definition) is 1. The third kappa shape index (κ3) is 4.53. The van der Waals surface area contributed by atoms with E-state index in [1.54, 1.807) is 0 Å². The van der Waals surface area contributed by atoms with Gasteiger partial charge in [-0.1, -0.05) is 63.4 Å². The quantitative estimate of drug-likeness (QED) is 0.557. The van der Waals surface area contributed by atoms with Crippen LogP contribution >= 0.6 is 12.2 Å². The number of thiocarbonyl (C=S) groups is 1. The Kier molecular flexibility index (Phi) is 6.18. The molecule has 0 atom stereocenters. The fourth-order valence-electron chi connectivity index (χ4n) is 2.72. The second-order valence-electron chi connectivity index (χ2n) is 5.58. The lowest BCUT2D eigenvalue weighted by Crippen LogP contribution is -2.15. The van der Waals surface area contributed by atoms with Crippen molar-refractivity contribution in [1.82, 2.24) is 9.55 Å². The minimum Gasteiger partial charge on any atom is -0.393 e. The molecule has 0 radical (unpaired) electrons. The lowest BCUT2D eigenvalue weighted by molar-refractivity contribution is 0.557. The fourth-order valence-corrected chi connectivity index (χ4v) is 2.85. The Hall–Kier alpha value is -1.42. The molecule has 0 aliphatic carbocycles. The van der Waals surface area contributed by atoms with Crippen LogP contribution in [0.1, 0.15) is 51.3 Å². The van der Waals surface area contributed by atoms with Crippen LogP contribution in [0.4, 0.5) is 0 Å². The lowest BCUT2D eigenvalue weighted by Gasteiger charge is -2.09. The van der Waals surface area contributed by atoms with Crippen LogP contribution in [0.25, 0.3) is 11.0 Å². The average molecular weight is 303 g/mol. The van der Waals surface area contributed by atoms with Crippen molar-refractivity contribution in [2.45, 2.75) is 58.4 Å². The van der Waals surface area contributed by atoms with Crippen molar-refractivity contribution in [1.29, 1.82) is 0 Å². The molecule has 0 bridgehead atoms. The molecule has 3 nitrogen and oxygen atoms in total. The largest absolute Gasteiger partial charge is 0.393 e. The third-order valence-corrected chi connectivity index (χ3v) is 3.95. The summed E-state index contributed by atoms with van der Waals surface area (Å²) in [5, 5.41) is 0. The van der Waals surface area contributed by atoms with E-state index in [1.807, 2.05) is 6.07 Å². The first-order valence-corrected chi connectivity index (χ1v) is 8.35. The summed E-state index contributed by atoms with van der Waals surface area (Å²) in [6.07, 6.45) is 8.37. The zero-order valence-corrected chi connectivity index (χ0v) is 13.7. The molecular formula is C17H25N3S. The van der Waals surface area contributed by atoms with Gasteiger partial charge >= 0.3 is 0 Å². The second kappa shape index (κ2) is 8.13. The first-order chi connectivity index (χ1) is 10.2. The van der Waals surface area contributed by atoms with Gasteiger partial charge in [0.05, 0.1) is 22.4 Å². The number of unbranched alkanes of at least 4 members (excludes halogenated alkanes) is 5. The number of aryl methyl sites for hydroxylation is 1. The van der Waals surface area contributed by atoms with Crippen molar-refractivity contribution in [2.75, 3.05) is 0 Å². The molecule has 4 heteroatoms. The maximum absolute atomic E-state index is 5.70. The number of nitrogens with two attached hydrogens (primary N) is 1. The average Bonchev–Trinajstić information content (AvgIpc) is 2.79. The number of aromatic nitrogens is 2. The van der Waals surface area contributed by atoms with Gasteiger partial charge in [-0.25, -0.2) is 4.98 Å². The van der Waals surface area contributed by atoms with Gasteiger partial charge in [0.2, 0.25) is 0 Å². The molecule has 0 saturated heterocycles. The van der Waals surface area contributed by atoms with E-state index in [0.717, 1.165) is 17.9 Å². The maximum atomic E-state index is 5.70. The molecule has 0 spiro atoms. The predicted molar refractivity (Wildman–Crippen MR) is 93.6 cm³/mol. The number of hydrogen-bond acceptors (Lipinski definition) is 2. The van der Waals surface area contributed by atoms with Crippen LogP contribution in [0.2, 0.25) is 0 Å². The van der Waals surface area contributed by atoms with Gasteiger partial charge in [-0.15, -0.1) is 0 Å². The van der Waals surface area contributed by atoms with Crippen LogP contribution in [0.3, 0.4) is 0 Å². The Labute approximate surface area is 132 Å². The van der Waals surface area contributed by atoms with Crippen molar-refractivity contribution in [3.8, 4) is 0 Å². The van der Waals surface area contributed by atoms with Crippen LogP contribution in [0.15, 0.2) is 24.3 Å². The normalized spacial score (nSPS) is 11.1. The third-order valence-electron chi connectivity index (χ3n) is 3.80. The lowest BCUT2D eigenvalue weighted by atomic mass is 10.1. The summed E-state index contributed by atoms with van der Waals surface area (Å²) in [7, 11) is 0. The first-order valence-electron chi connectivity index (χ1n) is 7.95. The van der Waals surface area contributed by atoms with Gasteiger partial charge in [0.25, 0.3) is 0 Å². The van der Waals surface area contributed by atoms with Crippen molar-refractivity contribution < 1.29 is 0 Å². The zero-order chi connectivity index (χ0) is 15.1. The molecular weight excluding hydrogens is 278 g/mol. The van der Waals surface area contributed by atoms with E-state index in [9.17, 15) is 0 Å². The van der Waals surface area contributed by atoms with E-state index in [2.05, 4.69) is 34.7 Å². The molecule has 1 heterocycles. The zero-order valence-electron chi connectivity index (χ0n) is 12.8. The molecule has 0 unspecified atom stereocenters. The molecule has 0 fully saturated rings. The Bertz CT molecular complexity index is 589. The van der Waals surface area contributed by atoms with Crippen LogP contribution in [-0.4, -0.2) is 14.5 Å². The molecule has 2 N–H and O–H groups in total. The highest BCUT2D eigenvalue weighted by molar-refractivity contribution is 7.80. The molecule has 0 amide bonds. The van der Waals surface area contributed by atoms with Crippen LogP contribution in [0, 0.1) is 0 Å². The van der Waals surface area contributed by atoms with Gasteiger partial charge in [-0.3, -0.25) is 0 Å². The molecule has 1 aromatic heterocycles. The highest BCUT2D eigenvalue weighted by atomic mass is 32.1. The number of fused-ring (bicyclic) bond motifs is 1. The topological polar surface area (TPSA) is 43.8 Å². The van der Waals surface area contributed by atoms with E-state index in [0.29, 0.717) is 11.4 Å². The predicted octanol–water partition coefficient (Wildman–Crippen LogP) is 4.23. The highest BCUT2D eigenvalue weighted by Gasteiger charge is 2.10. The van der Waals surface area contributed by atoms with Gasteiger partial charge in [-0.2, -0.15) is 0 Å². The number of benzene rings is 1. The smallest absolute Gasteiger partial charge is 0.116 e. The van der Waals surface area contributed by atoms with Crippen LogP contribution in [-0.2, 0) is 13.0 Å². The Morgan fingerprint density at radius 1 is 1.14 bits per heavy atom. The minimum absolute atomic E-state index is 0.509. The van der Waals surface area contributed by atoms with E-state index in [1.165, 1.54) is 44.0 Å². The molecule has 0 aliphatic heterocycles. The standard InChI is InChI=1S/C17H25N3S/c1-2-3-4-5-6-9-12-20-15-11-8-7-10-14(15)19-17(20)13-16(18)21/h7-8,10-11H,2-6,9,12-13H2,1H3,(H2,18,21). The van der Waals surface area contributed by atoms with Crippen molar-refractivity contribution in [2.24, 2.45) is 5.73 Å². The van der Waals surface area contributed by atoms with Gasteiger partial charge in [0.15, 0.2) is 0 Å². The van der Waals surface area contributed by atoms with E-state index in [-0.39, 0.29) is 0 Å². The molecule has 0 saturated carbocycles. The molecule has 21 heavy (non-hydrogen) atoms. The van der Waals surface area contributed by atoms with Crippen LogP contribution < -0.4 is 5.73 Å². The Morgan fingerprint density at radius 3 is 2.62 bits per heavy atom. The first kappa shape index (κ1) is 16.0. The van der Waals surface area contributed by atoms with E-state index >= 15 is 0 Å². The number of nitrogens with zero attached hydrogens (tertiary/aromatic N) is 2. The van der Waals surface area contributed by atoms with E-state index in [4.69, 9.17) is 18.0 Å². The molecule has 2 rings (SSSR count). The fraction of sp³-hybridized carbons (Fsp3) is 0.529. The molecule has 114 valence electrons. The van der Waals surface area contributed by atoms with Crippen LogP contribution in [0.5, 0.6) is 0 Å². The van der Waals surface area contributed by atoms with Gasteiger partial charge in [-0.05, 0) is 18.6 Å². The van der Waals surface area contributed by atoms with Crippen molar-refractivity contribution in [3.05, 3.63) is 30.1 Å². The number of para-hydroxylation sites is 2. The number of rotatable bonds is 9. The summed E-state index contributed by atoms with van der Waals surface area (Å²) in [4.78, 5) is 5.19. The molecule has 2 aromatic rings. The van der Waals surface area contributed by atoms with Crippen molar-refractivity contribution >= 4 is 28.2 Å². The van der Waals surface area contributed by atoms with Crippen molar-refractivity contribution in [3.63, 3.8) is 0 Å². The number of imidazole rings is 1. The summed E-state index contributed by atoms with van der Waals surface area (Å²) in [6, 6.07) is 8.26. The summed E-state index contributed by atoms with van der Waals surface area (Å²) < 4.78 is 2.29. The maximum Gasteiger partial charge on any atom is 0.116 e. The van der Waals surface area contributed by atoms with Gasteiger partial charge in [0, 0.05) is 6.54 Å². The summed E-state index contributed by atoms with van der Waals surface area (Å²) in [5.41, 5.74) is 7.93. The SMILES string of the molecule is CCCCCCCCn1c(CC(N)=S)nc2ccccc21. The van der Waals surface area contributed by atoms with E-state index < -0.39 is 0 Å².